The fourth-order valence-electron chi connectivity index (χ4n) is 2.35. The molecule has 3 rings (SSSR count). The summed E-state index contributed by atoms with van der Waals surface area (Å²) in [6.07, 6.45) is 2.14. The van der Waals surface area contributed by atoms with Gasteiger partial charge in [-0.3, -0.25) is 0 Å². The molecule has 0 aliphatic rings. The first kappa shape index (κ1) is 12.8. The first-order chi connectivity index (χ1) is 9.29. The molecule has 0 saturated carbocycles. The van der Waals surface area contributed by atoms with Crippen LogP contribution in [0, 0.1) is 0 Å². The van der Waals surface area contributed by atoms with Gasteiger partial charge in [0.05, 0.1) is 0 Å². The first-order valence-electron chi connectivity index (χ1n) is 6.11. The van der Waals surface area contributed by atoms with Crippen LogP contribution in [0.4, 0.5) is 0 Å². The van der Waals surface area contributed by atoms with E-state index in [-0.39, 0.29) is 0 Å². The zero-order chi connectivity index (χ0) is 13.2. The normalized spacial score (nSPS) is 10.8. The second-order valence-corrected chi connectivity index (χ2v) is 6.11. The van der Waals surface area contributed by atoms with Crippen LogP contribution in [0.15, 0.2) is 70.0 Å². The van der Waals surface area contributed by atoms with Gasteiger partial charge in [0.1, 0.15) is 0 Å². The van der Waals surface area contributed by atoms with Gasteiger partial charge in [-0.2, -0.15) is 0 Å². The minimum absolute atomic E-state index is 1.12. The predicted molar refractivity (Wildman–Crippen MR) is 88.9 cm³/mol. The van der Waals surface area contributed by atoms with E-state index in [1.165, 1.54) is 26.8 Å². The Morgan fingerprint density at radius 2 is 1.74 bits per heavy atom. The molecule has 0 amide bonds. The molecule has 0 N–H and O–H groups in total. The first-order valence-corrected chi connectivity index (χ1v) is 8.13. The molecule has 0 heterocycles. The zero-order valence-electron chi connectivity index (χ0n) is 10.6. The highest BCUT2D eigenvalue weighted by molar-refractivity contribution is 9.10. The van der Waals surface area contributed by atoms with Crippen LogP contribution in [-0.2, 0) is 0 Å². The molecule has 0 aromatic heterocycles. The number of hydrogen-bond donors (Lipinski definition) is 0. The van der Waals surface area contributed by atoms with Crippen molar-refractivity contribution in [3.63, 3.8) is 0 Å². The van der Waals surface area contributed by atoms with Crippen LogP contribution in [0.3, 0.4) is 0 Å². The molecule has 0 radical (unpaired) electrons. The van der Waals surface area contributed by atoms with E-state index < -0.39 is 0 Å². The zero-order valence-corrected chi connectivity index (χ0v) is 13.0. The highest BCUT2D eigenvalue weighted by Gasteiger charge is 2.08. The molecule has 3 aromatic rings. The molecule has 19 heavy (non-hydrogen) atoms. The lowest BCUT2D eigenvalue weighted by Crippen LogP contribution is -1.85. The lowest BCUT2D eigenvalue weighted by atomic mass is 10.0. The van der Waals surface area contributed by atoms with Crippen LogP contribution < -0.4 is 0 Å². The summed E-state index contributed by atoms with van der Waals surface area (Å²) in [5.74, 6) is 0. The standard InChI is InChI=1S/C17H13BrS/c1-19-17-15-8-3-2-5-12(15)9-10-16(17)13-6-4-7-14(18)11-13/h2-11H,1H3. The van der Waals surface area contributed by atoms with Crippen LogP contribution in [0.1, 0.15) is 0 Å². The lowest BCUT2D eigenvalue weighted by Gasteiger charge is -2.11. The number of fused-ring (bicyclic) bond motifs is 1. The molecule has 94 valence electrons. The summed E-state index contributed by atoms with van der Waals surface area (Å²) in [4.78, 5) is 1.34. The summed E-state index contributed by atoms with van der Waals surface area (Å²) in [5, 5.41) is 2.62. The van der Waals surface area contributed by atoms with Gasteiger partial charge >= 0.3 is 0 Å². The molecule has 3 aromatic carbocycles. The summed E-state index contributed by atoms with van der Waals surface area (Å²) in [5.41, 5.74) is 2.55. The van der Waals surface area contributed by atoms with Gasteiger partial charge < -0.3 is 0 Å². The summed E-state index contributed by atoms with van der Waals surface area (Å²) in [6, 6.07) is 21.4. The third kappa shape index (κ3) is 2.43. The number of benzene rings is 3. The van der Waals surface area contributed by atoms with Crippen molar-refractivity contribution in [3.05, 3.63) is 65.1 Å². The number of thioether (sulfide) groups is 1. The Hall–Kier alpha value is -1.25. The van der Waals surface area contributed by atoms with E-state index in [4.69, 9.17) is 0 Å². The van der Waals surface area contributed by atoms with Gasteiger partial charge in [-0.1, -0.05) is 64.5 Å². The Kier molecular flexibility index (Phi) is 3.63. The van der Waals surface area contributed by atoms with Crippen LogP contribution in [0.2, 0.25) is 0 Å². The van der Waals surface area contributed by atoms with Gasteiger partial charge in [-0.15, -0.1) is 11.8 Å². The van der Waals surface area contributed by atoms with Crippen molar-refractivity contribution in [3.8, 4) is 11.1 Å². The molecule has 0 spiro atoms. The van der Waals surface area contributed by atoms with E-state index in [0.29, 0.717) is 0 Å². The van der Waals surface area contributed by atoms with Gasteiger partial charge in [0.2, 0.25) is 0 Å². The average Bonchev–Trinajstić information content (AvgIpc) is 2.46. The smallest absolute Gasteiger partial charge is 0.0226 e. The van der Waals surface area contributed by atoms with Crippen molar-refractivity contribution in [2.45, 2.75) is 4.90 Å². The van der Waals surface area contributed by atoms with Crippen molar-refractivity contribution in [2.75, 3.05) is 6.26 Å². The van der Waals surface area contributed by atoms with Crippen LogP contribution >= 0.6 is 27.7 Å². The third-order valence-corrected chi connectivity index (χ3v) is 4.56. The quantitative estimate of drug-likeness (QED) is 0.520. The van der Waals surface area contributed by atoms with E-state index in [1.54, 1.807) is 0 Å². The average molecular weight is 329 g/mol. The van der Waals surface area contributed by atoms with Crippen molar-refractivity contribution in [2.24, 2.45) is 0 Å². The number of hydrogen-bond acceptors (Lipinski definition) is 1. The van der Waals surface area contributed by atoms with Gasteiger partial charge in [0.25, 0.3) is 0 Å². The largest absolute Gasteiger partial charge is 0.128 e. The molecule has 0 aliphatic heterocycles. The highest BCUT2D eigenvalue weighted by atomic mass is 79.9. The van der Waals surface area contributed by atoms with E-state index in [2.05, 4.69) is 82.8 Å². The fraction of sp³-hybridized carbons (Fsp3) is 0.0588. The van der Waals surface area contributed by atoms with Gasteiger partial charge in [-0.05, 0) is 40.3 Å². The minimum atomic E-state index is 1.12. The monoisotopic (exact) mass is 328 g/mol. The van der Waals surface area contributed by atoms with Gasteiger partial charge in [0.15, 0.2) is 0 Å². The number of rotatable bonds is 2. The predicted octanol–water partition coefficient (Wildman–Crippen LogP) is 5.99. The summed E-state index contributed by atoms with van der Waals surface area (Å²) < 4.78 is 1.12. The molecule has 0 fully saturated rings. The van der Waals surface area contributed by atoms with Crippen LogP contribution in [0.5, 0.6) is 0 Å². The maximum atomic E-state index is 3.55. The van der Waals surface area contributed by atoms with E-state index in [0.717, 1.165) is 4.47 Å². The SMILES string of the molecule is CSc1c(-c2cccc(Br)c2)ccc2ccccc12. The molecular weight excluding hydrogens is 316 g/mol. The van der Waals surface area contributed by atoms with Crippen LogP contribution in [0.25, 0.3) is 21.9 Å². The summed E-state index contributed by atoms with van der Waals surface area (Å²) >= 11 is 5.36. The highest BCUT2D eigenvalue weighted by Crippen LogP contribution is 2.37. The Morgan fingerprint density at radius 1 is 0.895 bits per heavy atom. The maximum absolute atomic E-state index is 3.55. The fourth-order valence-corrected chi connectivity index (χ4v) is 3.56. The van der Waals surface area contributed by atoms with E-state index >= 15 is 0 Å². The molecule has 0 atom stereocenters. The second-order valence-electron chi connectivity index (χ2n) is 4.38. The van der Waals surface area contributed by atoms with E-state index in [1.807, 2.05) is 11.8 Å². The van der Waals surface area contributed by atoms with Crippen molar-refractivity contribution in [1.82, 2.24) is 0 Å². The molecule has 0 saturated heterocycles. The van der Waals surface area contributed by atoms with Gasteiger partial charge in [-0.25, -0.2) is 0 Å². The van der Waals surface area contributed by atoms with Gasteiger partial charge in [0, 0.05) is 9.37 Å². The third-order valence-electron chi connectivity index (χ3n) is 3.22. The molecule has 2 heteroatoms. The van der Waals surface area contributed by atoms with Crippen molar-refractivity contribution in [1.29, 1.82) is 0 Å². The summed E-state index contributed by atoms with van der Waals surface area (Å²) in [6.45, 7) is 0. The molecular formula is C17H13BrS. The Balaban J connectivity index is 2.29. The Bertz CT molecular complexity index is 734. The lowest BCUT2D eigenvalue weighted by molar-refractivity contribution is 1.50. The summed E-state index contributed by atoms with van der Waals surface area (Å²) in [7, 11) is 0. The Labute approximate surface area is 126 Å². The topological polar surface area (TPSA) is 0 Å². The number of halogens is 1. The molecule has 0 aliphatic carbocycles. The molecule has 0 unspecified atom stereocenters. The minimum Gasteiger partial charge on any atom is -0.128 e. The van der Waals surface area contributed by atoms with Crippen LogP contribution in [-0.4, -0.2) is 6.26 Å². The van der Waals surface area contributed by atoms with Crippen molar-refractivity contribution < 1.29 is 0 Å². The Morgan fingerprint density at radius 3 is 2.53 bits per heavy atom. The van der Waals surface area contributed by atoms with E-state index in [9.17, 15) is 0 Å². The molecule has 0 bridgehead atoms. The second kappa shape index (κ2) is 5.40. The maximum Gasteiger partial charge on any atom is 0.0226 e. The molecule has 0 nitrogen and oxygen atoms in total. The van der Waals surface area contributed by atoms with Crippen molar-refractivity contribution >= 4 is 38.5 Å².